The van der Waals surface area contributed by atoms with Crippen LogP contribution in [-0.4, -0.2) is 84.2 Å². The van der Waals surface area contributed by atoms with Gasteiger partial charge in [-0.05, 0) is 70.9 Å². The molecule has 3 rings (SSSR count). The van der Waals surface area contributed by atoms with Gasteiger partial charge in [0.15, 0.2) is 5.60 Å². The van der Waals surface area contributed by atoms with Crippen molar-refractivity contribution in [3.8, 4) is 23.8 Å². The lowest BCUT2D eigenvalue weighted by Crippen LogP contribution is -2.65. The summed E-state index contributed by atoms with van der Waals surface area (Å²) in [7, 11) is 3.71. The maximum Gasteiger partial charge on any atom is 0.316 e. The van der Waals surface area contributed by atoms with Crippen LogP contribution >= 0.6 is 0 Å². The number of methoxy groups -OCH3 is 1. The zero-order valence-electron chi connectivity index (χ0n) is 30.2. The number of rotatable bonds is 9. The lowest BCUT2D eigenvalue weighted by atomic mass is 9.62. The van der Waals surface area contributed by atoms with Crippen molar-refractivity contribution < 1.29 is 23.8 Å². The average Bonchev–Trinajstić information content (AvgIpc) is 3.54. The first-order chi connectivity index (χ1) is 22.7. The molecule has 262 valence electrons. The van der Waals surface area contributed by atoms with E-state index >= 15 is 0 Å². The van der Waals surface area contributed by atoms with Gasteiger partial charge in [-0.15, -0.1) is 5.10 Å². The first-order valence-electron chi connectivity index (χ1n) is 17.0. The fourth-order valence-corrected chi connectivity index (χ4v) is 6.87. The number of nitrogens with one attached hydrogen (secondary N) is 2. The van der Waals surface area contributed by atoms with E-state index < -0.39 is 41.2 Å². The Hall–Kier alpha value is -3.66. The van der Waals surface area contributed by atoms with Gasteiger partial charge in [0.1, 0.15) is 37.5 Å². The third kappa shape index (κ3) is 9.27. The number of carbonyl (C=O) groups excluding carboxylic acids is 2. The molecule has 1 saturated heterocycles. The predicted octanol–water partition coefficient (Wildman–Crippen LogP) is 3.42. The second-order valence-corrected chi connectivity index (χ2v) is 13.8. The second kappa shape index (κ2) is 17.1. The van der Waals surface area contributed by atoms with Crippen LogP contribution in [0.4, 0.5) is 5.69 Å². The summed E-state index contributed by atoms with van der Waals surface area (Å²) in [5.74, 6) is -2.06. The second-order valence-electron chi connectivity index (χ2n) is 13.8. The van der Waals surface area contributed by atoms with Crippen molar-refractivity contribution in [3.63, 3.8) is 0 Å². The number of nitrogens with zero attached hydrogens (tertiary/aromatic N) is 3. The van der Waals surface area contributed by atoms with Crippen LogP contribution in [0.2, 0.25) is 5.82 Å². The molecule has 48 heavy (non-hydrogen) atoms. The van der Waals surface area contributed by atoms with Crippen LogP contribution in [0, 0.1) is 30.3 Å². The van der Waals surface area contributed by atoms with E-state index in [1.807, 2.05) is 78.2 Å². The number of esters is 1. The van der Waals surface area contributed by atoms with Crippen LogP contribution in [0.3, 0.4) is 0 Å². The van der Waals surface area contributed by atoms with Gasteiger partial charge >= 0.3 is 5.97 Å². The Balaban J connectivity index is 1.87. The lowest BCUT2D eigenvalue weighted by molar-refractivity contribution is -0.173. The number of nitrogens with two attached hydrogens (primary N) is 1. The molecule has 4 N–H and O–H groups in total. The third-order valence-corrected chi connectivity index (χ3v) is 10.3. The molecule has 2 aromatic rings. The summed E-state index contributed by atoms with van der Waals surface area (Å²) in [5, 5.41) is 15.8. The van der Waals surface area contributed by atoms with Crippen molar-refractivity contribution in [2.24, 2.45) is 17.8 Å². The molecule has 1 aromatic carbocycles. The molecule has 1 fully saturated rings. The summed E-state index contributed by atoms with van der Waals surface area (Å²) in [4.78, 5) is 27.2. The van der Waals surface area contributed by atoms with Crippen molar-refractivity contribution in [1.82, 2.24) is 25.6 Å². The monoisotopic (exact) mass is 662 g/mol. The first-order valence-corrected chi connectivity index (χ1v) is 17.0. The molecule has 0 saturated carbocycles. The van der Waals surface area contributed by atoms with Crippen LogP contribution in [0.25, 0.3) is 11.3 Å². The van der Waals surface area contributed by atoms with Crippen molar-refractivity contribution in [2.75, 3.05) is 25.9 Å². The van der Waals surface area contributed by atoms with Crippen LogP contribution in [0.5, 0.6) is 0 Å². The number of ether oxygens (including phenoxy) is 3. The minimum absolute atomic E-state index is 0.130. The molecule has 1 aliphatic heterocycles. The van der Waals surface area contributed by atoms with E-state index in [-0.39, 0.29) is 23.6 Å². The van der Waals surface area contributed by atoms with Crippen molar-refractivity contribution in [2.45, 2.75) is 103 Å². The third-order valence-electron chi connectivity index (χ3n) is 10.3. The van der Waals surface area contributed by atoms with E-state index in [0.717, 1.165) is 17.7 Å². The molecule has 0 bridgehead atoms. The number of nitrogen functional groups attached to an aromatic ring is 1. The molecular formula is C36H55BN6O5. The summed E-state index contributed by atoms with van der Waals surface area (Å²) in [5.41, 5.74) is 6.53. The Morgan fingerprint density at radius 2 is 1.98 bits per heavy atom. The van der Waals surface area contributed by atoms with Gasteiger partial charge in [0.25, 0.3) is 0 Å². The van der Waals surface area contributed by atoms with Gasteiger partial charge in [0.2, 0.25) is 0 Å². The molecule has 0 aliphatic carbocycles. The number of benzene rings is 1. The Morgan fingerprint density at radius 3 is 2.62 bits per heavy atom. The molecule has 0 amide bonds. The molecule has 12 heteroatoms. The van der Waals surface area contributed by atoms with Crippen molar-refractivity contribution >= 4 is 25.3 Å². The Kier molecular flexibility index (Phi) is 13.8. The highest BCUT2D eigenvalue weighted by Crippen LogP contribution is 2.38. The van der Waals surface area contributed by atoms with E-state index in [1.165, 1.54) is 0 Å². The molecule has 0 spiro atoms. The van der Waals surface area contributed by atoms with Crippen LogP contribution in [0.1, 0.15) is 61.3 Å². The molecule has 2 heterocycles. The highest BCUT2D eigenvalue weighted by molar-refractivity contribution is 6.15. The predicted molar refractivity (Wildman–Crippen MR) is 192 cm³/mol. The first kappa shape index (κ1) is 38.8. The topological polar surface area (TPSA) is 143 Å². The fraction of sp³-hybridized carbons (Fsp3) is 0.611. The van der Waals surface area contributed by atoms with Gasteiger partial charge in [-0.3, -0.25) is 9.59 Å². The average molecular weight is 663 g/mol. The minimum Gasteiger partial charge on any atom is -0.457 e. The van der Waals surface area contributed by atoms with E-state index in [0.29, 0.717) is 31.7 Å². The van der Waals surface area contributed by atoms with Crippen molar-refractivity contribution in [3.05, 3.63) is 42.6 Å². The number of terminal acetylenes is 1. The zero-order chi connectivity index (χ0) is 35.6. The molecule has 1 aromatic heterocycles. The number of ketones is 1. The largest absolute Gasteiger partial charge is 0.457 e. The molecule has 9 atom stereocenters. The number of anilines is 1. The quantitative estimate of drug-likeness (QED) is 0.0914. The number of hydrogen-bond donors (Lipinski definition) is 3. The molecule has 0 unspecified atom stereocenters. The number of aromatic nitrogens is 3. The Labute approximate surface area is 287 Å². The number of allylic oxidation sites excluding steroid dienone is 1. The SMILES string of the molecule is B[C@@H]1[C@@H](C)C(=O)[C@@H](C)C(=O)O[C@H](CC)[C@@](C)(OC#C)[C@H](NC/C=C/Cn2cc(-c3cccc(N)c3)nn2)[C@@H](C)NC[C@H](C)C[C@@]1(C)OC. The number of cyclic esters (lactones) is 1. The molecule has 1 aliphatic rings. The summed E-state index contributed by atoms with van der Waals surface area (Å²) in [6, 6.07) is 6.98. The van der Waals surface area contributed by atoms with Gasteiger partial charge in [-0.1, -0.05) is 56.7 Å². The smallest absolute Gasteiger partial charge is 0.316 e. The number of hydrogen-bond acceptors (Lipinski definition) is 10. The molecular weight excluding hydrogens is 607 g/mol. The van der Waals surface area contributed by atoms with Gasteiger partial charge in [0, 0.05) is 36.9 Å². The van der Waals surface area contributed by atoms with E-state index in [1.54, 1.807) is 18.7 Å². The Morgan fingerprint density at radius 1 is 1.25 bits per heavy atom. The van der Waals surface area contributed by atoms with Gasteiger partial charge in [-0.2, -0.15) is 0 Å². The van der Waals surface area contributed by atoms with Crippen molar-refractivity contribution in [1.29, 1.82) is 0 Å². The van der Waals surface area contributed by atoms with Crippen LogP contribution < -0.4 is 16.4 Å². The van der Waals surface area contributed by atoms with Gasteiger partial charge in [0.05, 0.1) is 24.4 Å². The maximum absolute atomic E-state index is 13.6. The zero-order valence-corrected chi connectivity index (χ0v) is 30.2. The summed E-state index contributed by atoms with van der Waals surface area (Å²) in [6.07, 6.45) is 14.4. The summed E-state index contributed by atoms with van der Waals surface area (Å²) in [6.45, 7) is 15.2. The van der Waals surface area contributed by atoms with Gasteiger partial charge in [-0.25, -0.2) is 4.68 Å². The standard InChI is InChI=1S/C36H55BN6O5/c1-10-30-36(8,47-11-2)33(39-17-12-13-18-43-22-29(41-42-43)27-15-14-16-28(38)19-27)26(6)40-21-23(3)20-35(7,46-9)32(37)24(4)31(44)25(5)34(45)48-30/h2,12-16,19,22-26,30,32-33,39-40H,10,17-18,20-21,37-38H2,1,3-9H3/b13-12+/t23-,24+,25-,26-,30-,32-,33-,35-,36-/m1/s1. The van der Waals surface area contributed by atoms with E-state index in [9.17, 15) is 9.59 Å². The molecule has 11 nitrogen and oxygen atoms in total. The van der Waals surface area contributed by atoms with Gasteiger partial charge < -0.3 is 30.6 Å². The van der Waals surface area contributed by atoms with Crippen LogP contribution in [-0.2, 0) is 30.3 Å². The number of Topliss-reactive ketones (excluding diaryl/α,β-unsaturated/α-hetero) is 1. The highest BCUT2D eigenvalue weighted by atomic mass is 16.6. The molecule has 0 radical (unpaired) electrons. The Bertz CT molecular complexity index is 1440. The van der Waals surface area contributed by atoms with E-state index in [4.69, 9.17) is 26.4 Å². The normalized spacial score (nSPS) is 32.6. The lowest BCUT2D eigenvalue weighted by Gasteiger charge is -2.44. The van der Waals surface area contributed by atoms with Crippen LogP contribution in [0.15, 0.2) is 42.6 Å². The maximum atomic E-state index is 13.6. The summed E-state index contributed by atoms with van der Waals surface area (Å²) >= 11 is 0. The highest BCUT2D eigenvalue weighted by Gasteiger charge is 2.49. The summed E-state index contributed by atoms with van der Waals surface area (Å²) < 4.78 is 19.9. The fourth-order valence-electron chi connectivity index (χ4n) is 6.87. The van der Waals surface area contributed by atoms with E-state index in [2.05, 4.69) is 40.9 Å². The number of carbonyl (C=O) groups is 2. The minimum atomic E-state index is -1.14.